The fourth-order valence-corrected chi connectivity index (χ4v) is 4.01. The van der Waals surface area contributed by atoms with Gasteiger partial charge in [-0.05, 0) is 56.9 Å². The van der Waals surface area contributed by atoms with E-state index in [4.69, 9.17) is 9.47 Å². The van der Waals surface area contributed by atoms with Crippen molar-refractivity contribution in [1.29, 1.82) is 0 Å². The van der Waals surface area contributed by atoms with E-state index in [2.05, 4.69) is 5.32 Å². The third kappa shape index (κ3) is 5.60. The van der Waals surface area contributed by atoms with Gasteiger partial charge in [0, 0.05) is 41.9 Å². The Kier molecular flexibility index (Phi) is 7.62. The summed E-state index contributed by atoms with van der Waals surface area (Å²) in [6, 6.07) is 7.69. The van der Waals surface area contributed by atoms with Crippen molar-refractivity contribution < 1.29 is 23.5 Å². The molecule has 1 saturated heterocycles. The summed E-state index contributed by atoms with van der Waals surface area (Å²) in [4.78, 5) is 25.5. The summed E-state index contributed by atoms with van der Waals surface area (Å²) < 4.78 is 26.2. The molecule has 1 fully saturated rings. The van der Waals surface area contributed by atoms with Crippen molar-refractivity contribution in [3.05, 3.63) is 53.1 Å². The van der Waals surface area contributed by atoms with E-state index < -0.39 is 12.0 Å². The van der Waals surface area contributed by atoms with Crippen molar-refractivity contribution >= 4 is 11.8 Å². The van der Waals surface area contributed by atoms with Crippen molar-refractivity contribution in [2.75, 3.05) is 19.8 Å². The smallest absolute Gasteiger partial charge is 0.323 e. The second-order valence-electron chi connectivity index (χ2n) is 8.41. The van der Waals surface area contributed by atoms with E-state index in [0.717, 1.165) is 18.5 Å². The van der Waals surface area contributed by atoms with Crippen LogP contribution in [-0.4, -0.2) is 48.2 Å². The Hall–Kier alpha value is -2.51. The minimum Gasteiger partial charge on any atom is -0.456 e. The molecule has 0 saturated carbocycles. The maximum atomic E-state index is 13.6. The zero-order valence-electron chi connectivity index (χ0n) is 18.6. The van der Waals surface area contributed by atoms with Gasteiger partial charge in [0.2, 0.25) is 5.78 Å². The standard InChI is InChI=1S/C24H31FN2O4/c1-15(2)23(26-19-8-10-30-11-9-19)24(29)31-14-22(28)21-12-16(3)27(17(21)4)20-7-5-6-18(25)13-20/h5-7,12-13,15,19,23,26H,8-11,14H2,1-4H3. The lowest BCUT2D eigenvalue weighted by atomic mass is 10.0. The minimum atomic E-state index is -0.476. The number of benzene rings is 1. The first kappa shape index (κ1) is 23.2. The summed E-state index contributed by atoms with van der Waals surface area (Å²) in [6.07, 6.45) is 1.70. The Bertz CT molecular complexity index is 932. The van der Waals surface area contributed by atoms with E-state index in [1.54, 1.807) is 25.1 Å². The van der Waals surface area contributed by atoms with E-state index in [1.807, 2.05) is 25.3 Å². The summed E-state index contributed by atoms with van der Waals surface area (Å²) >= 11 is 0. The van der Waals surface area contributed by atoms with Gasteiger partial charge in [-0.1, -0.05) is 19.9 Å². The van der Waals surface area contributed by atoms with Crippen LogP contribution in [0.15, 0.2) is 30.3 Å². The Morgan fingerprint density at radius 2 is 1.94 bits per heavy atom. The number of nitrogens with zero attached hydrogens (tertiary/aromatic N) is 1. The minimum absolute atomic E-state index is 0.0310. The number of rotatable bonds is 8. The zero-order chi connectivity index (χ0) is 22.5. The van der Waals surface area contributed by atoms with Gasteiger partial charge in [-0.3, -0.25) is 9.59 Å². The first-order valence-electron chi connectivity index (χ1n) is 10.8. The number of ketones is 1. The van der Waals surface area contributed by atoms with Gasteiger partial charge in [0.1, 0.15) is 11.9 Å². The van der Waals surface area contributed by atoms with Crippen molar-refractivity contribution in [3.8, 4) is 5.69 Å². The number of carbonyl (C=O) groups excluding carboxylic acids is 2. The van der Waals surface area contributed by atoms with E-state index in [1.165, 1.54) is 12.1 Å². The molecule has 1 atom stereocenters. The molecule has 0 amide bonds. The Morgan fingerprint density at radius 1 is 1.23 bits per heavy atom. The van der Waals surface area contributed by atoms with Crippen LogP contribution in [0.25, 0.3) is 5.69 Å². The van der Waals surface area contributed by atoms with Gasteiger partial charge in [-0.25, -0.2) is 4.39 Å². The molecule has 1 N–H and O–H groups in total. The van der Waals surface area contributed by atoms with Crippen LogP contribution in [0.2, 0.25) is 0 Å². The molecule has 1 aliphatic rings. The van der Waals surface area contributed by atoms with E-state index in [0.29, 0.717) is 30.2 Å². The molecule has 2 heterocycles. The second-order valence-corrected chi connectivity index (χ2v) is 8.41. The third-order valence-corrected chi connectivity index (χ3v) is 5.70. The molecule has 1 aliphatic heterocycles. The number of aromatic nitrogens is 1. The molecular formula is C24H31FN2O4. The lowest BCUT2D eigenvalue weighted by molar-refractivity contribution is -0.146. The quantitative estimate of drug-likeness (QED) is 0.510. The molecular weight excluding hydrogens is 399 g/mol. The van der Waals surface area contributed by atoms with Gasteiger partial charge in [0.15, 0.2) is 6.61 Å². The number of nitrogens with one attached hydrogen (secondary N) is 1. The molecule has 0 aliphatic carbocycles. The van der Waals surface area contributed by atoms with Crippen LogP contribution in [0.4, 0.5) is 4.39 Å². The Labute approximate surface area is 182 Å². The van der Waals surface area contributed by atoms with Crippen molar-refractivity contribution in [3.63, 3.8) is 0 Å². The largest absolute Gasteiger partial charge is 0.456 e. The number of esters is 1. The monoisotopic (exact) mass is 430 g/mol. The number of aryl methyl sites for hydroxylation is 1. The molecule has 31 heavy (non-hydrogen) atoms. The first-order valence-corrected chi connectivity index (χ1v) is 10.8. The molecule has 168 valence electrons. The molecule has 1 unspecified atom stereocenters. The fourth-order valence-electron chi connectivity index (χ4n) is 4.01. The van der Waals surface area contributed by atoms with E-state index >= 15 is 0 Å². The van der Waals surface area contributed by atoms with Crippen LogP contribution in [0.3, 0.4) is 0 Å². The van der Waals surface area contributed by atoms with Gasteiger partial charge >= 0.3 is 5.97 Å². The highest BCUT2D eigenvalue weighted by atomic mass is 19.1. The Morgan fingerprint density at radius 3 is 2.58 bits per heavy atom. The maximum Gasteiger partial charge on any atom is 0.323 e. The number of Topliss-reactive ketones (excluding diaryl/α,β-unsaturated/α-hetero) is 1. The van der Waals surface area contributed by atoms with Crippen LogP contribution in [0, 0.1) is 25.6 Å². The molecule has 0 radical (unpaired) electrons. The zero-order valence-corrected chi connectivity index (χ0v) is 18.6. The van der Waals surface area contributed by atoms with Crippen molar-refractivity contribution in [1.82, 2.24) is 9.88 Å². The summed E-state index contributed by atoms with van der Waals surface area (Å²) in [5.41, 5.74) is 2.60. The fraction of sp³-hybridized carbons (Fsp3) is 0.500. The first-order chi connectivity index (χ1) is 14.8. The normalized spacial score (nSPS) is 15.8. The van der Waals surface area contributed by atoms with Crippen molar-refractivity contribution in [2.45, 2.75) is 52.6 Å². The highest BCUT2D eigenvalue weighted by Crippen LogP contribution is 2.22. The van der Waals surface area contributed by atoms with E-state index in [-0.39, 0.29) is 30.2 Å². The predicted molar refractivity (Wildman–Crippen MR) is 116 cm³/mol. The summed E-state index contributed by atoms with van der Waals surface area (Å²) in [5.74, 6) is -1.02. The van der Waals surface area contributed by atoms with Gasteiger partial charge < -0.3 is 19.4 Å². The third-order valence-electron chi connectivity index (χ3n) is 5.70. The van der Waals surface area contributed by atoms with Gasteiger partial charge in [0.25, 0.3) is 0 Å². The van der Waals surface area contributed by atoms with Crippen LogP contribution in [0.5, 0.6) is 0 Å². The summed E-state index contributed by atoms with van der Waals surface area (Å²) in [5, 5.41) is 3.36. The van der Waals surface area contributed by atoms with Crippen molar-refractivity contribution in [2.24, 2.45) is 5.92 Å². The van der Waals surface area contributed by atoms with Crippen LogP contribution in [0.1, 0.15) is 48.4 Å². The summed E-state index contributed by atoms with van der Waals surface area (Å²) in [7, 11) is 0. The molecule has 1 aromatic heterocycles. The second kappa shape index (κ2) is 10.2. The topological polar surface area (TPSA) is 69.6 Å². The number of carbonyl (C=O) groups is 2. The van der Waals surface area contributed by atoms with Crippen LogP contribution < -0.4 is 5.32 Å². The van der Waals surface area contributed by atoms with Crippen LogP contribution >= 0.6 is 0 Å². The lowest BCUT2D eigenvalue weighted by Gasteiger charge is -2.29. The average molecular weight is 431 g/mol. The molecule has 0 spiro atoms. The lowest BCUT2D eigenvalue weighted by Crippen LogP contribution is -2.49. The van der Waals surface area contributed by atoms with Gasteiger partial charge in [0.05, 0.1) is 0 Å². The predicted octanol–water partition coefficient (Wildman–Crippen LogP) is 3.75. The maximum absolute atomic E-state index is 13.6. The molecule has 6 nitrogen and oxygen atoms in total. The molecule has 7 heteroatoms. The molecule has 3 rings (SSSR count). The number of hydrogen-bond donors (Lipinski definition) is 1. The molecule has 2 aromatic rings. The van der Waals surface area contributed by atoms with Gasteiger partial charge in [-0.15, -0.1) is 0 Å². The van der Waals surface area contributed by atoms with Crippen LogP contribution in [-0.2, 0) is 14.3 Å². The Balaban J connectivity index is 1.67. The van der Waals surface area contributed by atoms with E-state index in [9.17, 15) is 14.0 Å². The van der Waals surface area contributed by atoms with Gasteiger partial charge in [-0.2, -0.15) is 0 Å². The highest BCUT2D eigenvalue weighted by Gasteiger charge is 2.28. The average Bonchev–Trinajstić information content (AvgIpc) is 3.04. The number of hydrogen-bond acceptors (Lipinski definition) is 5. The molecule has 1 aromatic carbocycles. The number of halogens is 1. The SMILES string of the molecule is Cc1cc(C(=O)COC(=O)C(NC2CCOCC2)C(C)C)c(C)n1-c1cccc(F)c1. The highest BCUT2D eigenvalue weighted by molar-refractivity contribution is 5.99. The summed E-state index contributed by atoms with van der Waals surface area (Å²) in [6.45, 7) is 8.59. The number of ether oxygens (including phenoxy) is 2. The molecule has 0 bridgehead atoms.